The van der Waals surface area contributed by atoms with Gasteiger partial charge in [-0.15, -0.1) is 10.2 Å². The minimum atomic E-state index is -0.691. The third-order valence-corrected chi connectivity index (χ3v) is 5.69. The predicted molar refractivity (Wildman–Crippen MR) is 143 cm³/mol. The first-order chi connectivity index (χ1) is 18.8. The average Bonchev–Trinajstić information content (AvgIpc) is 3.70. The number of carbonyl (C=O) groups is 4. The summed E-state index contributed by atoms with van der Waals surface area (Å²) in [6, 6.07) is 7.91. The largest absolute Gasteiger partial charge is 2.00 e. The molecule has 0 atom stereocenters. The number of benzene rings is 1. The van der Waals surface area contributed by atoms with Crippen molar-refractivity contribution in [2.75, 3.05) is 20.6 Å². The number of amides is 3. The van der Waals surface area contributed by atoms with Crippen LogP contribution in [-0.4, -0.2) is 54.4 Å². The maximum absolute atomic E-state index is 11.8. The molecule has 2 saturated carbocycles. The van der Waals surface area contributed by atoms with Crippen LogP contribution in [0.2, 0.25) is 0 Å². The second-order valence-corrected chi connectivity index (χ2v) is 9.08. The minimum absolute atomic E-state index is 0. The van der Waals surface area contributed by atoms with Crippen molar-refractivity contribution in [3.63, 3.8) is 0 Å². The first-order valence-corrected chi connectivity index (χ1v) is 12.8. The first-order valence-electron chi connectivity index (χ1n) is 12.8. The Kier molecular flexibility index (Phi) is 14.9. The van der Waals surface area contributed by atoms with Gasteiger partial charge in [-0.3, -0.25) is 19.4 Å². The Morgan fingerprint density at radius 2 is 1.52 bits per heavy atom. The number of hydroxylamine groups is 2. The van der Waals surface area contributed by atoms with Crippen LogP contribution in [0.25, 0.3) is 0 Å². The number of nitrogens with zero attached hydrogens (tertiary/aromatic N) is 4. The summed E-state index contributed by atoms with van der Waals surface area (Å²) >= 11 is 0. The molecule has 3 aliphatic rings. The molecular weight excluding hydrogens is 554 g/mol. The smallest absolute Gasteiger partial charge is 0.356 e. The molecular formula is C29H33FeN5O5+2. The molecule has 40 heavy (non-hydrogen) atoms. The van der Waals surface area contributed by atoms with Crippen LogP contribution in [0.3, 0.4) is 0 Å². The van der Waals surface area contributed by atoms with E-state index in [-0.39, 0.29) is 35.8 Å². The van der Waals surface area contributed by atoms with E-state index < -0.39 is 17.8 Å². The number of hydrogen-bond donors (Lipinski definition) is 1. The van der Waals surface area contributed by atoms with Crippen LogP contribution in [0.1, 0.15) is 37.7 Å². The zero-order valence-corrected chi connectivity index (χ0v) is 23.7. The molecule has 1 aromatic rings. The third-order valence-electron chi connectivity index (χ3n) is 5.69. The van der Waals surface area contributed by atoms with E-state index in [2.05, 4.69) is 33.3 Å². The standard InChI is InChI=1S/C19H25N4O.C10H8NO4.Fe/c1-23(2)22-21-18-12-10-17(11-13-18)14-15-20-19(24)9-5-8-16-6-3-4-7-16;12-8-5-6-9(13)11(8)15-10(14)7-3-1-2-4-7;/h3-4,6-7,10-13H,5,8-9,14-15H2,1-2H3,(H,20,24);1-4H,5-6H2;/q;;+2. The van der Waals surface area contributed by atoms with Crippen LogP contribution in [0.4, 0.5) is 5.69 Å². The van der Waals surface area contributed by atoms with Crippen molar-refractivity contribution < 1.29 is 41.1 Å². The van der Waals surface area contributed by atoms with Crippen LogP contribution in [-0.2, 0) is 47.5 Å². The van der Waals surface area contributed by atoms with E-state index in [0.29, 0.717) is 23.9 Å². The van der Waals surface area contributed by atoms with Crippen LogP contribution in [0.15, 0.2) is 34.6 Å². The summed E-state index contributed by atoms with van der Waals surface area (Å²) in [7, 11) is 3.67. The molecule has 2 aliphatic carbocycles. The van der Waals surface area contributed by atoms with Gasteiger partial charge in [-0.2, -0.15) is 0 Å². The summed E-state index contributed by atoms with van der Waals surface area (Å²) in [6.07, 6.45) is 18.2. The monoisotopic (exact) mass is 587 g/mol. The zero-order valence-electron chi connectivity index (χ0n) is 22.6. The predicted octanol–water partition coefficient (Wildman–Crippen LogP) is 3.48. The van der Waals surface area contributed by atoms with Crippen molar-refractivity contribution in [3.8, 4) is 0 Å². The number of hydrogen-bond acceptors (Lipinski definition) is 7. The molecule has 4 rings (SSSR count). The van der Waals surface area contributed by atoms with E-state index in [0.717, 1.165) is 24.9 Å². The molecule has 1 N–H and O–H groups in total. The maximum Gasteiger partial charge on any atom is 2.00 e. The van der Waals surface area contributed by atoms with Gasteiger partial charge in [0.2, 0.25) is 5.91 Å². The van der Waals surface area contributed by atoms with E-state index in [9.17, 15) is 19.2 Å². The van der Waals surface area contributed by atoms with Crippen molar-refractivity contribution >= 4 is 29.4 Å². The fourth-order valence-corrected chi connectivity index (χ4v) is 3.64. The fourth-order valence-electron chi connectivity index (χ4n) is 3.64. The molecule has 10 radical (unpaired) electrons. The van der Waals surface area contributed by atoms with E-state index >= 15 is 0 Å². The third kappa shape index (κ3) is 11.8. The number of rotatable bonds is 11. The molecule has 3 fully saturated rings. The summed E-state index contributed by atoms with van der Waals surface area (Å²) in [5.41, 5.74) is 2.00. The van der Waals surface area contributed by atoms with Gasteiger partial charge in [0.05, 0.1) is 11.6 Å². The topological polar surface area (TPSA) is 121 Å². The quantitative estimate of drug-likeness (QED) is 0.183. The van der Waals surface area contributed by atoms with Gasteiger partial charge in [0.25, 0.3) is 11.8 Å². The Hall–Kier alpha value is -2.78. The number of nitrogens with one attached hydrogen (secondary N) is 1. The molecule has 210 valence electrons. The van der Waals surface area contributed by atoms with E-state index in [1.54, 1.807) is 30.7 Å². The number of imide groups is 1. The molecule has 11 heteroatoms. The van der Waals surface area contributed by atoms with Gasteiger partial charge in [-0.25, -0.2) is 4.79 Å². The molecule has 0 spiro atoms. The summed E-state index contributed by atoms with van der Waals surface area (Å²) < 4.78 is 0. The van der Waals surface area contributed by atoms with Gasteiger partial charge < -0.3 is 10.2 Å². The Balaban J connectivity index is 0.000000301. The Morgan fingerprint density at radius 1 is 0.925 bits per heavy atom. The van der Waals surface area contributed by atoms with Crippen molar-refractivity contribution in [2.24, 2.45) is 10.3 Å². The van der Waals surface area contributed by atoms with E-state index in [1.807, 2.05) is 51.2 Å². The van der Waals surface area contributed by atoms with Crippen LogP contribution in [0.5, 0.6) is 0 Å². The second-order valence-electron chi connectivity index (χ2n) is 9.08. The van der Waals surface area contributed by atoms with Gasteiger partial charge in [0, 0.05) is 39.9 Å². The summed E-state index contributed by atoms with van der Waals surface area (Å²) in [5, 5.41) is 13.2. The normalized spacial score (nSPS) is 17.5. The molecule has 3 amide bonds. The molecule has 1 saturated heterocycles. The SMILES string of the molecule is CN(C)N=Nc1ccc(CCNC(=O)CCC[C]2[CH][CH][CH][CH]2)cc1.O=C(ON1C(=O)CCC1=O)[C]1[CH][CH][CH][CH]1.[Fe+2]. The van der Waals surface area contributed by atoms with Crippen molar-refractivity contribution in [1.82, 2.24) is 15.4 Å². The van der Waals surface area contributed by atoms with Crippen molar-refractivity contribution in [2.45, 2.75) is 38.5 Å². The second kappa shape index (κ2) is 17.8. The van der Waals surface area contributed by atoms with E-state index in [1.165, 1.54) is 11.5 Å². The average molecular weight is 587 g/mol. The Morgan fingerprint density at radius 3 is 2.12 bits per heavy atom. The van der Waals surface area contributed by atoms with Crippen molar-refractivity contribution in [1.29, 1.82) is 0 Å². The first kappa shape index (κ1) is 33.4. The van der Waals surface area contributed by atoms with Crippen LogP contribution >= 0.6 is 0 Å². The molecule has 0 aromatic heterocycles. The van der Waals surface area contributed by atoms with Gasteiger partial charge >= 0.3 is 23.0 Å². The van der Waals surface area contributed by atoms with Gasteiger partial charge in [-0.05, 0) is 94.2 Å². The fraction of sp³-hybridized carbons (Fsp3) is 0.310. The molecule has 10 nitrogen and oxygen atoms in total. The van der Waals surface area contributed by atoms with E-state index in [4.69, 9.17) is 0 Å². The molecule has 0 unspecified atom stereocenters. The number of carbonyl (C=O) groups excluding carboxylic acids is 4. The van der Waals surface area contributed by atoms with Crippen LogP contribution in [0, 0.1) is 63.2 Å². The van der Waals surface area contributed by atoms with Gasteiger partial charge in [0.15, 0.2) is 0 Å². The van der Waals surface area contributed by atoms with Gasteiger partial charge in [0.1, 0.15) is 0 Å². The van der Waals surface area contributed by atoms with Crippen molar-refractivity contribution in [3.05, 3.63) is 93.0 Å². The molecule has 1 aliphatic heterocycles. The van der Waals surface area contributed by atoms with Crippen LogP contribution < -0.4 is 5.32 Å². The Labute approximate surface area is 248 Å². The minimum Gasteiger partial charge on any atom is -0.356 e. The summed E-state index contributed by atoms with van der Waals surface area (Å²) in [6.45, 7) is 0.660. The van der Waals surface area contributed by atoms with Gasteiger partial charge in [-0.1, -0.05) is 17.4 Å². The molecule has 0 bridgehead atoms. The molecule has 1 aromatic carbocycles. The summed E-state index contributed by atoms with van der Waals surface area (Å²) in [4.78, 5) is 50.1. The maximum atomic E-state index is 11.8. The zero-order chi connectivity index (χ0) is 28.0. The molecule has 1 heterocycles. The summed E-state index contributed by atoms with van der Waals surface area (Å²) in [5.74, 6) is 0.109. The Bertz CT molecular complexity index is 973.